The van der Waals surface area contributed by atoms with Crippen LogP contribution in [0.15, 0.2) is 46.8 Å². The summed E-state index contributed by atoms with van der Waals surface area (Å²) < 4.78 is 68.1. The van der Waals surface area contributed by atoms with Crippen molar-refractivity contribution < 1.29 is 36.3 Å². The van der Waals surface area contributed by atoms with Gasteiger partial charge in [-0.05, 0) is 30.3 Å². The smallest absolute Gasteiger partial charge is 0.391 e. The second-order valence-electron chi connectivity index (χ2n) is 6.34. The van der Waals surface area contributed by atoms with E-state index in [0.717, 1.165) is 35.7 Å². The van der Waals surface area contributed by atoms with Crippen LogP contribution < -0.4 is 18.7 Å². The van der Waals surface area contributed by atoms with Crippen molar-refractivity contribution in [1.29, 1.82) is 5.26 Å². The molecule has 33 heavy (non-hydrogen) atoms. The molecule has 0 spiro atoms. The van der Waals surface area contributed by atoms with E-state index in [1.807, 2.05) is 4.72 Å². The Morgan fingerprint density at radius 3 is 2.58 bits per heavy atom. The number of hydrogen-bond donors (Lipinski definition) is 2. The third-order valence-electron chi connectivity index (χ3n) is 4.14. The highest BCUT2D eigenvalue weighted by atomic mass is 32.2. The molecule has 3 rings (SSSR count). The zero-order chi connectivity index (χ0) is 24.2. The number of hydrogen-bond acceptors (Lipinski definition) is 9. The van der Waals surface area contributed by atoms with Crippen molar-refractivity contribution in [2.24, 2.45) is 0 Å². The molecule has 1 unspecified atom stereocenters. The van der Waals surface area contributed by atoms with Gasteiger partial charge in [0.25, 0.3) is 10.0 Å². The maximum absolute atomic E-state index is 13.6. The van der Waals surface area contributed by atoms with Gasteiger partial charge in [-0.1, -0.05) is 0 Å². The van der Waals surface area contributed by atoms with Crippen molar-refractivity contribution in [3.63, 3.8) is 0 Å². The molecule has 0 bridgehead atoms. The molecule has 2 aromatic carbocycles. The molecule has 0 saturated heterocycles. The fourth-order valence-corrected chi connectivity index (χ4v) is 6.24. The SMILES string of the molecule is COc1ccc(-c2ncc(S(=O)(=O)NCP(=O)(O)Oc3ccc(C#N)c(F)c3)s2)cc1OC. The van der Waals surface area contributed by atoms with Crippen LogP contribution in [0, 0.1) is 17.1 Å². The number of rotatable bonds is 9. The van der Waals surface area contributed by atoms with E-state index in [4.69, 9.17) is 19.3 Å². The Balaban J connectivity index is 1.72. The summed E-state index contributed by atoms with van der Waals surface area (Å²) in [6.07, 6.45) is 0.138. The van der Waals surface area contributed by atoms with Crippen LogP contribution in [0.25, 0.3) is 10.6 Å². The second-order valence-corrected chi connectivity index (χ2v) is 11.1. The van der Waals surface area contributed by atoms with Crippen LogP contribution in [-0.4, -0.2) is 38.8 Å². The van der Waals surface area contributed by atoms with Crippen molar-refractivity contribution in [3.05, 3.63) is 54.0 Å². The molecule has 14 heteroatoms. The van der Waals surface area contributed by atoms with Crippen LogP contribution in [0.4, 0.5) is 4.39 Å². The van der Waals surface area contributed by atoms with Crippen molar-refractivity contribution in [2.75, 3.05) is 20.5 Å². The van der Waals surface area contributed by atoms with Gasteiger partial charge in [0.2, 0.25) is 0 Å². The Labute approximate surface area is 192 Å². The highest BCUT2D eigenvalue weighted by Gasteiger charge is 2.27. The van der Waals surface area contributed by atoms with Gasteiger partial charge < -0.3 is 18.9 Å². The highest BCUT2D eigenvalue weighted by molar-refractivity contribution is 7.92. The number of thiazole rings is 1. The molecular formula is C19H17FN3O7PS2. The summed E-state index contributed by atoms with van der Waals surface area (Å²) in [6.45, 7) is 0. The average molecular weight is 513 g/mol. The second kappa shape index (κ2) is 9.86. The number of ether oxygens (including phenoxy) is 2. The summed E-state index contributed by atoms with van der Waals surface area (Å²) >= 11 is 0.836. The molecule has 174 valence electrons. The number of nitrogens with one attached hydrogen (secondary N) is 1. The molecule has 0 radical (unpaired) electrons. The molecule has 10 nitrogen and oxygen atoms in total. The van der Waals surface area contributed by atoms with E-state index in [2.05, 4.69) is 4.98 Å². The Hall–Kier alpha value is -3.01. The third kappa shape index (κ3) is 5.87. The molecule has 0 amide bonds. The number of nitriles is 1. The summed E-state index contributed by atoms with van der Waals surface area (Å²) in [5.74, 6) is -0.341. The van der Waals surface area contributed by atoms with Crippen LogP contribution in [0.3, 0.4) is 0 Å². The molecule has 0 aliphatic heterocycles. The molecular weight excluding hydrogens is 496 g/mol. The van der Waals surface area contributed by atoms with E-state index >= 15 is 0 Å². The molecule has 0 saturated carbocycles. The number of sulfonamides is 1. The van der Waals surface area contributed by atoms with E-state index in [1.165, 1.54) is 14.2 Å². The largest absolute Gasteiger partial charge is 0.493 e. The van der Waals surface area contributed by atoms with Crippen LogP contribution in [0.5, 0.6) is 17.2 Å². The number of halogens is 1. The summed E-state index contributed by atoms with van der Waals surface area (Å²) in [6, 6.07) is 9.51. The lowest BCUT2D eigenvalue weighted by Gasteiger charge is -2.14. The predicted molar refractivity (Wildman–Crippen MR) is 117 cm³/mol. The number of nitrogens with zero attached hydrogens (tertiary/aromatic N) is 2. The molecule has 0 aliphatic rings. The minimum atomic E-state index is -4.53. The number of benzene rings is 2. The maximum Gasteiger partial charge on any atom is 0.391 e. The van der Waals surface area contributed by atoms with E-state index in [1.54, 1.807) is 24.3 Å². The third-order valence-corrected chi connectivity index (χ3v) is 8.32. The van der Waals surface area contributed by atoms with Gasteiger partial charge in [0.1, 0.15) is 28.9 Å². The van der Waals surface area contributed by atoms with E-state index < -0.39 is 29.7 Å². The lowest BCUT2D eigenvalue weighted by molar-refractivity contribution is 0.355. The first kappa shape index (κ1) is 24.6. The highest BCUT2D eigenvalue weighted by Crippen LogP contribution is 2.42. The Kier molecular flexibility index (Phi) is 7.36. The van der Waals surface area contributed by atoms with Crippen molar-refractivity contribution in [1.82, 2.24) is 9.71 Å². The van der Waals surface area contributed by atoms with Crippen molar-refractivity contribution >= 4 is 29.0 Å². The van der Waals surface area contributed by atoms with Gasteiger partial charge in [0.15, 0.2) is 15.7 Å². The monoisotopic (exact) mass is 513 g/mol. The molecule has 1 atom stereocenters. The molecule has 0 fully saturated rings. The van der Waals surface area contributed by atoms with Crippen LogP contribution in [0.1, 0.15) is 5.56 Å². The topological polar surface area (TPSA) is 148 Å². The van der Waals surface area contributed by atoms with Crippen LogP contribution in [-0.2, 0) is 14.6 Å². The van der Waals surface area contributed by atoms with Crippen molar-refractivity contribution in [3.8, 4) is 33.9 Å². The summed E-state index contributed by atoms with van der Waals surface area (Å²) in [5.41, 5.74) is 0.310. The lowest BCUT2D eigenvalue weighted by atomic mass is 10.2. The first-order valence-electron chi connectivity index (χ1n) is 8.97. The molecule has 2 N–H and O–H groups in total. The molecule has 3 aromatic rings. The minimum Gasteiger partial charge on any atom is -0.493 e. The predicted octanol–water partition coefficient (Wildman–Crippen LogP) is 3.34. The quantitative estimate of drug-likeness (QED) is 0.411. The zero-order valence-corrected chi connectivity index (χ0v) is 19.7. The summed E-state index contributed by atoms with van der Waals surface area (Å²) in [5, 5.41) is 9.09. The zero-order valence-electron chi connectivity index (χ0n) is 17.2. The molecule has 0 aliphatic carbocycles. The summed E-state index contributed by atoms with van der Waals surface area (Å²) in [4.78, 5) is 14.1. The molecule has 1 heterocycles. The van der Waals surface area contributed by atoms with Gasteiger partial charge in [0, 0.05) is 11.6 Å². The van der Waals surface area contributed by atoms with Crippen LogP contribution >= 0.6 is 18.9 Å². The Morgan fingerprint density at radius 2 is 1.94 bits per heavy atom. The number of methoxy groups -OCH3 is 2. The number of aromatic nitrogens is 1. The van der Waals surface area contributed by atoms with E-state index in [-0.39, 0.29) is 15.5 Å². The first-order chi connectivity index (χ1) is 15.6. The standard InChI is InChI=1S/C19H17FN3O7PS2/c1-28-16-6-4-12(7-17(16)29-2)19-22-10-18(32-19)33(26,27)23-11-31(24,25)30-14-5-3-13(9-21)15(20)8-14/h3-8,10,23H,11H2,1-2H3,(H,24,25). The first-order valence-corrected chi connectivity index (χ1v) is 13.0. The minimum absolute atomic E-state index is 0.197. The van der Waals surface area contributed by atoms with Gasteiger partial charge in [-0.25, -0.2) is 22.4 Å². The normalized spacial score (nSPS) is 13.1. The van der Waals surface area contributed by atoms with Gasteiger partial charge in [-0.15, -0.1) is 11.3 Å². The van der Waals surface area contributed by atoms with Gasteiger partial charge in [-0.2, -0.15) is 9.98 Å². The van der Waals surface area contributed by atoms with E-state index in [9.17, 15) is 22.3 Å². The van der Waals surface area contributed by atoms with Gasteiger partial charge >= 0.3 is 7.60 Å². The van der Waals surface area contributed by atoms with E-state index in [0.29, 0.717) is 22.1 Å². The fourth-order valence-electron chi connectivity index (χ4n) is 2.56. The van der Waals surface area contributed by atoms with Gasteiger partial charge in [0.05, 0.1) is 26.0 Å². The summed E-state index contributed by atoms with van der Waals surface area (Å²) in [7, 11) is -5.78. The lowest BCUT2D eigenvalue weighted by Crippen LogP contribution is -2.25. The maximum atomic E-state index is 13.6. The van der Waals surface area contributed by atoms with Crippen LogP contribution in [0.2, 0.25) is 0 Å². The fraction of sp³-hybridized carbons (Fsp3) is 0.158. The molecule has 1 aromatic heterocycles. The van der Waals surface area contributed by atoms with Crippen molar-refractivity contribution in [2.45, 2.75) is 4.21 Å². The van der Waals surface area contributed by atoms with Gasteiger partial charge in [-0.3, -0.25) is 0 Å². The Morgan fingerprint density at radius 1 is 1.21 bits per heavy atom. The Bertz CT molecular complexity index is 1370. The average Bonchev–Trinajstić information content (AvgIpc) is 3.29.